The number of ether oxygens (including phenoxy) is 3. The molecule has 8 nitrogen and oxygen atoms in total. The van der Waals surface area contributed by atoms with Crippen molar-refractivity contribution in [1.82, 2.24) is 4.90 Å². The van der Waals surface area contributed by atoms with Crippen molar-refractivity contribution in [2.75, 3.05) is 51.6 Å². The molecule has 8 heteroatoms. The molecule has 0 spiro atoms. The molecule has 0 bridgehead atoms. The fraction of sp³-hybridized carbons (Fsp3) is 0.300. The summed E-state index contributed by atoms with van der Waals surface area (Å²) in [6, 6.07) is 11.9. The van der Waals surface area contributed by atoms with Crippen molar-refractivity contribution >= 4 is 17.4 Å². The number of hydrogen-bond donors (Lipinski definition) is 2. The molecule has 0 aliphatic rings. The lowest BCUT2D eigenvalue weighted by Gasteiger charge is -2.21. The Kier molecular flexibility index (Phi) is 7.48. The van der Waals surface area contributed by atoms with E-state index in [4.69, 9.17) is 19.6 Å². The molecular formula is C20H25N5O3. The molecule has 0 fully saturated rings. The molecule has 2 aromatic carbocycles. The van der Waals surface area contributed by atoms with Crippen LogP contribution in [-0.2, 0) is 0 Å². The number of amidine groups is 1. The minimum Gasteiger partial charge on any atom is -0.495 e. The minimum atomic E-state index is -0.345. The predicted octanol–water partition coefficient (Wildman–Crippen LogP) is 2.98. The maximum absolute atomic E-state index is 9.62. The van der Waals surface area contributed by atoms with Crippen LogP contribution in [0.15, 0.2) is 42.5 Å². The van der Waals surface area contributed by atoms with Gasteiger partial charge in [0, 0.05) is 25.2 Å². The van der Waals surface area contributed by atoms with E-state index in [1.165, 1.54) is 7.11 Å². The maximum atomic E-state index is 9.62. The van der Waals surface area contributed by atoms with Crippen LogP contribution < -0.4 is 24.4 Å². The molecule has 28 heavy (non-hydrogen) atoms. The first-order valence-electron chi connectivity index (χ1n) is 8.66. The van der Waals surface area contributed by atoms with Gasteiger partial charge in [-0.2, -0.15) is 10.2 Å². The predicted molar refractivity (Wildman–Crippen MR) is 109 cm³/mol. The van der Waals surface area contributed by atoms with Crippen LogP contribution in [0.3, 0.4) is 0 Å². The molecule has 0 unspecified atom stereocenters. The molecule has 0 saturated carbocycles. The standard InChI is InChI=1S/C20H25N5O3/c1-24(2)11-10-23-16-12-19(27-4)17(13-18(16)26-3)25(14-21)20(22)28-15-8-6-5-7-9-15/h5-9,12-13,22-23H,10-11H2,1-4H3. The van der Waals surface area contributed by atoms with Gasteiger partial charge < -0.3 is 24.4 Å². The molecule has 0 radical (unpaired) electrons. The molecule has 2 N–H and O–H groups in total. The highest BCUT2D eigenvalue weighted by atomic mass is 16.5. The Hall–Kier alpha value is -3.44. The molecular weight excluding hydrogens is 358 g/mol. The third-order valence-corrected chi connectivity index (χ3v) is 3.88. The number of anilines is 2. The number of hydrogen-bond acceptors (Lipinski definition) is 7. The van der Waals surface area contributed by atoms with Gasteiger partial charge in [0.05, 0.1) is 19.9 Å². The van der Waals surface area contributed by atoms with E-state index in [-0.39, 0.29) is 6.02 Å². The first kappa shape index (κ1) is 20.9. The van der Waals surface area contributed by atoms with Crippen molar-refractivity contribution < 1.29 is 14.2 Å². The van der Waals surface area contributed by atoms with Gasteiger partial charge in [0.1, 0.15) is 22.9 Å². The highest BCUT2D eigenvalue weighted by molar-refractivity contribution is 5.96. The largest absolute Gasteiger partial charge is 0.495 e. The zero-order chi connectivity index (χ0) is 20.5. The number of rotatable bonds is 8. The lowest BCUT2D eigenvalue weighted by molar-refractivity contribution is 0.403. The van der Waals surface area contributed by atoms with Crippen molar-refractivity contribution in [2.24, 2.45) is 0 Å². The van der Waals surface area contributed by atoms with E-state index in [9.17, 15) is 5.26 Å². The van der Waals surface area contributed by atoms with Crippen LogP contribution in [0, 0.1) is 16.9 Å². The van der Waals surface area contributed by atoms with Crippen molar-refractivity contribution in [3.63, 3.8) is 0 Å². The Labute approximate surface area is 165 Å². The number of likely N-dealkylation sites (N-methyl/N-ethyl adjacent to an activating group) is 1. The van der Waals surface area contributed by atoms with E-state index in [2.05, 4.69) is 10.2 Å². The average Bonchev–Trinajstić information content (AvgIpc) is 2.69. The second-order valence-corrected chi connectivity index (χ2v) is 6.11. The number of methoxy groups -OCH3 is 2. The molecule has 0 saturated heterocycles. The van der Waals surface area contributed by atoms with Crippen LogP contribution in [0.2, 0.25) is 0 Å². The molecule has 0 amide bonds. The van der Waals surface area contributed by atoms with Crippen LogP contribution in [0.25, 0.3) is 0 Å². The fourth-order valence-corrected chi connectivity index (χ4v) is 2.46. The lowest BCUT2D eigenvalue weighted by atomic mass is 10.2. The molecule has 2 aromatic rings. The van der Waals surface area contributed by atoms with Gasteiger partial charge in [-0.15, -0.1) is 0 Å². The molecule has 0 aliphatic heterocycles. The van der Waals surface area contributed by atoms with E-state index >= 15 is 0 Å². The van der Waals surface area contributed by atoms with Crippen LogP contribution in [0.5, 0.6) is 17.2 Å². The van der Waals surface area contributed by atoms with Crippen LogP contribution >= 0.6 is 0 Å². The maximum Gasteiger partial charge on any atom is 0.308 e. The van der Waals surface area contributed by atoms with Gasteiger partial charge in [-0.25, -0.2) is 5.41 Å². The SMILES string of the molecule is COc1cc(N(C#N)C(=N)Oc2ccccc2)c(OC)cc1NCCN(C)C. The van der Waals surface area contributed by atoms with Crippen LogP contribution in [-0.4, -0.2) is 52.3 Å². The van der Waals surface area contributed by atoms with E-state index in [0.717, 1.165) is 17.1 Å². The van der Waals surface area contributed by atoms with E-state index in [1.54, 1.807) is 43.5 Å². The van der Waals surface area contributed by atoms with Crippen LogP contribution in [0.4, 0.5) is 11.4 Å². The second-order valence-electron chi connectivity index (χ2n) is 6.11. The van der Waals surface area contributed by atoms with Crippen molar-refractivity contribution in [1.29, 1.82) is 10.7 Å². The van der Waals surface area contributed by atoms with Gasteiger partial charge in [0.15, 0.2) is 6.19 Å². The topological polar surface area (TPSA) is 93.8 Å². The van der Waals surface area contributed by atoms with Gasteiger partial charge in [0.25, 0.3) is 0 Å². The monoisotopic (exact) mass is 383 g/mol. The highest BCUT2D eigenvalue weighted by Crippen LogP contribution is 2.38. The Bertz CT molecular complexity index is 834. The Balaban J connectivity index is 2.30. The quantitative estimate of drug-likeness (QED) is 0.313. The summed E-state index contributed by atoms with van der Waals surface area (Å²) in [6.07, 6.45) is 1.96. The Morgan fingerprint density at radius 3 is 2.36 bits per heavy atom. The Morgan fingerprint density at radius 1 is 1.11 bits per heavy atom. The number of para-hydroxylation sites is 1. The first-order valence-corrected chi connectivity index (χ1v) is 8.66. The highest BCUT2D eigenvalue weighted by Gasteiger charge is 2.21. The summed E-state index contributed by atoms with van der Waals surface area (Å²) in [5.74, 6) is 1.40. The Morgan fingerprint density at radius 2 is 1.79 bits per heavy atom. The summed E-state index contributed by atoms with van der Waals surface area (Å²) in [5, 5.41) is 21.1. The van der Waals surface area contributed by atoms with E-state index in [0.29, 0.717) is 29.5 Å². The van der Waals surface area contributed by atoms with E-state index in [1.807, 2.05) is 26.4 Å². The van der Waals surface area contributed by atoms with Crippen molar-refractivity contribution in [3.8, 4) is 23.4 Å². The van der Waals surface area contributed by atoms with Crippen molar-refractivity contribution in [2.45, 2.75) is 0 Å². The summed E-state index contributed by atoms with van der Waals surface area (Å²) in [5.41, 5.74) is 1.08. The second kappa shape index (κ2) is 10.0. The first-order chi connectivity index (χ1) is 13.5. The van der Waals surface area contributed by atoms with Gasteiger partial charge in [-0.05, 0) is 26.2 Å². The summed E-state index contributed by atoms with van der Waals surface area (Å²) in [4.78, 5) is 3.10. The molecule has 2 rings (SSSR count). The third kappa shape index (κ3) is 5.28. The average molecular weight is 383 g/mol. The van der Waals surface area contributed by atoms with Gasteiger partial charge >= 0.3 is 6.02 Å². The van der Waals surface area contributed by atoms with Crippen molar-refractivity contribution in [3.05, 3.63) is 42.5 Å². The lowest BCUT2D eigenvalue weighted by Crippen LogP contribution is -2.30. The molecule has 0 heterocycles. The normalized spacial score (nSPS) is 10.1. The summed E-state index contributed by atoms with van der Waals surface area (Å²) in [6.45, 7) is 1.55. The van der Waals surface area contributed by atoms with Gasteiger partial charge in [-0.1, -0.05) is 18.2 Å². The number of nitriles is 1. The third-order valence-electron chi connectivity index (χ3n) is 3.88. The molecule has 0 atom stereocenters. The molecule has 148 valence electrons. The van der Waals surface area contributed by atoms with Crippen LogP contribution in [0.1, 0.15) is 0 Å². The summed E-state index contributed by atoms with van der Waals surface area (Å²) < 4.78 is 16.4. The fourth-order valence-electron chi connectivity index (χ4n) is 2.46. The number of nitrogens with one attached hydrogen (secondary N) is 2. The molecule has 0 aliphatic carbocycles. The zero-order valence-corrected chi connectivity index (χ0v) is 16.5. The molecule has 0 aromatic heterocycles. The van der Waals surface area contributed by atoms with Gasteiger partial charge in [0.2, 0.25) is 0 Å². The zero-order valence-electron chi connectivity index (χ0n) is 16.5. The number of benzene rings is 2. The summed E-state index contributed by atoms with van der Waals surface area (Å²) >= 11 is 0. The minimum absolute atomic E-state index is 0.345. The smallest absolute Gasteiger partial charge is 0.308 e. The summed E-state index contributed by atoms with van der Waals surface area (Å²) in [7, 11) is 7.04. The number of nitrogens with zero attached hydrogens (tertiary/aromatic N) is 3. The van der Waals surface area contributed by atoms with E-state index < -0.39 is 0 Å². The van der Waals surface area contributed by atoms with Gasteiger partial charge in [-0.3, -0.25) is 0 Å².